The number of nitrogens with one attached hydrogen (secondary N) is 1. The van der Waals surface area contributed by atoms with E-state index in [1.54, 1.807) is 13.2 Å². The van der Waals surface area contributed by atoms with Crippen molar-refractivity contribution >= 4 is 11.6 Å². The van der Waals surface area contributed by atoms with Gasteiger partial charge in [-0.3, -0.25) is 4.79 Å². The molecule has 1 amide bonds. The fourth-order valence-corrected chi connectivity index (χ4v) is 1.31. The van der Waals surface area contributed by atoms with Crippen molar-refractivity contribution < 1.29 is 9.53 Å². The summed E-state index contributed by atoms with van der Waals surface area (Å²) in [4.78, 5) is 11.1. The molecule has 96 valence electrons. The maximum Gasteiger partial charge on any atom is 0.250 e. The Balaban J connectivity index is 0.00000121. The number of carbonyl (C=O) groups is 1. The van der Waals surface area contributed by atoms with Crippen LogP contribution in [0.25, 0.3) is 0 Å². The van der Waals surface area contributed by atoms with Crippen molar-refractivity contribution in [3.05, 3.63) is 29.3 Å². The van der Waals surface area contributed by atoms with Crippen molar-refractivity contribution in [3.8, 4) is 0 Å². The number of hydrogen-bond donors (Lipinski definition) is 2. The monoisotopic (exact) mass is 238 g/mol. The summed E-state index contributed by atoms with van der Waals surface area (Å²) in [7, 11) is 1.63. The number of primary amides is 1. The number of anilines is 1. The van der Waals surface area contributed by atoms with Gasteiger partial charge < -0.3 is 15.8 Å². The summed E-state index contributed by atoms with van der Waals surface area (Å²) in [5, 5.41) is 3.11. The van der Waals surface area contributed by atoms with Crippen molar-refractivity contribution in [1.29, 1.82) is 0 Å². The first-order valence-corrected chi connectivity index (χ1v) is 5.78. The van der Waals surface area contributed by atoms with Crippen LogP contribution in [-0.2, 0) is 4.74 Å². The van der Waals surface area contributed by atoms with E-state index in [1.807, 2.05) is 32.9 Å². The average molecular weight is 238 g/mol. The zero-order valence-electron chi connectivity index (χ0n) is 11.0. The third-order valence-electron chi connectivity index (χ3n) is 2.06. The van der Waals surface area contributed by atoms with Gasteiger partial charge in [-0.1, -0.05) is 19.9 Å². The maximum absolute atomic E-state index is 11.1. The number of amides is 1. The number of rotatable bonds is 5. The molecule has 0 heterocycles. The van der Waals surface area contributed by atoms with E-state index in [1.165, 1.54) is 0 Å². The van der Waals surface area contributed by atoms with Crippen molar-refractivity contribution in [2.75, 3.05) is 25.6 Å². The van der Waals surface area contributed by atoms with Gasteiger partial charge in [-0.05, 0) is 24.6 Å². The minimum Gasteiger partial charge on any atom is -0.383 e. The van der Waals surface area contributed by atoms with Crippen LogP contribution in [0.5, 0.6) is 0 Å². The van der Waals surface area contributed by atoms with Crippen LogP contribution in [-0.4, -0.2) is 26.2 Å². The Morgan fingerprint density at radius 3 is 2.59 bits per heavy atom. The SMILES string of the molecule is CC.COCCNc1cc(C)ccc1C(N)=O. The van der Waals surface area contributed by atoms with Crippen LogP contribution in [0.15, 0.2) is 18.2 Å². The van der Waals surface area contributed by atoms with Gasteiger partial charge in [0.15, 0.2) is 0 Å². The van der Waals surface area contributed by atoms with E-state index >= 15 is 0 Å². The van der Waals surface area contributed by atoms with Crippen molar-refractivity contribution in [3.63, 3.8) is 0 Å². The number of hydrogen-bond acceptors (Lipinski definition) is 3. The first kappa shape index (κ1) is 15.4. The summed E-state index contributed by atoms with van der Waals surface area (Å²) >= 11 is 0. The Morgan fingerprint density at radius 2 is 2.06 bits per heavy atom. The van der Waals surface area contributed by atoms with Gasteiger partial charge in [-0.15, -0.1) is 0 Å². The van der Waals surface area contributed by atoms with Crippen LogP contribution in [0.4, 0.5) is 5.69 Å². The summed E-state index contributed by atoms with van der Waals surface area (Å²) in [6.07, 6.45) is 0. The van der Waals surface area contributed by atoms with Crippen LogP contribution in [0.2, 0.25) is 0 Å². The molecular weight excluding hydrogens is 216 g/mol. The van der Waals surface area contributed by atoms with Crippen LogP contribution in [0.1, 0.15) is 29.8 Å². The van der Waals surface area contributed by atoms with Gasteiger partial charge in [-0.25, -0.2) is 0 Å². The van der Waals surface area contributed by atoms with Gasteiger partial charge in [0.2, 0.25) is 0 Å². The van der Waals surface area contributed by atoms with E-state index in [9.17, 15) is 4.79 Å². The highest BCUT2D eigenvalue weighted by atomic mass is 16.5. The zero-order valence-corrected chi connectivity index (χ0v) is 11.0. The van der Waals surface area contributed by atoms with Crippen LogP contribution in [0.3, 0.4) is 0 Å². The summed E-state index contributed by atoms with van der Waals surface area (Å²) < 4.78 is 4.92. The predicted octanol–water partition coefficient (Wildman–Crippen LogP) is 2.18. The summed E-state index contributed by atoms with van der Waals surface area (Å²) in [5.41, 5.74) is 7.62. The van der Waals surface area contributed by atoms with Crippen LogP contribution < -0.4 is 11.1 Å². The van der Waals surface area contributed by atoms with Crippen molar-refractivity contribution in [1.82, 2.24) is 0 Å². The van der Waals surface area contributed by atoms with Crippen molar-refractivity contribution in [2.24, 2.45) is 5.73 Å². The average Bonchev–Trinajstić information content (AvgIpc) is 2.32. The number of ether oxygens (including phenoxy) is 1. The van der Waals surface area contributed by atoms with Gasteiger partial charge in [0, 0.05) is 19.3 Å². The van der Waals surface area contributed by atoms with Gasteiger partial charge in [-0.2, -0.15) is 0 Å². The minimum atomic E-state index is -0.421. The number of benzene rings is 1. The van der Waals surface area contributed by atoms with E-state index in [4.69, 9.17) is 10.5 Å². The molecule has 1 rings (SSSR count). The maximum atomic E-state index is 11.1. The first-order valence-electron chi connectivity index (χ1n) is 5.78. The smallest absolute Gasteiger partial charge is 0.250 e. The third kappa shape index (κ3) is 5.36. The van der Waals surface area contributed by atoms with E-state index < -0.39 is 5.91 Å². The molecule has 0 bridgehead atoms. The van der Waals surface area contributed by atoms with Gasteiger partial charge >= 0.3 is 0 Å². The lowest BCUT2D eigenvalue weighted by molar-refractivity contribution is 0.100. The molecule has 17 heavy (non-hydrogen) atoms. The summed E-state index contributed by atoms with van der Waals surface area (Å²) in [5.74, 6) is -0.421. The quantitative estimate of drug-likeness (QED) is 0.773. The van der Waals surface area contributed by atoms with Gasteiger partial charge in [0.1, 0.15) is 0 Å². The fraction of sp³-hybridized carbons (Fsp3) is 0.462. The summed E-state index contributed by atoms with van der Waals surface area (Å²) in [6, 6.07) is 5.49. The number of nitrogens with two attached hydrogens (primary N) is 1. The summed E-state index contributed by atoms with van der Waals surface area (Å²) in [6.45, 7) is 7.21. The highest BCUT2D eigenvalue weighted by Crippen LogP contribution is 2.16. The molecule has 0 spiro atoms. The first-order chi connectivity index (χ1) is 8.15. The molecule has 0 aliphatic rings. The van der Waals surface area contributed by atoms with E-state index in [0.29, 0.717) is 18.7 Å². The fourth-order valence-electron chi connectivity index (χ4n) is 1.31. The second-order valence-electron chi connectivity index (χ2n) is 3.33. The van der Waals surface area contributed by atoms with E-state index in [0.717, 1.165) is 11.3 Å². The second kappa shape index (κ2) is 8.58. The third-order valence-corrected chi connectivity index (χ3v) is 2.06. The molecule has 0 aromatic heterocycles. The Kier molecular flexibility index (Phi) is 7.80. The molecule has 4 nitrogen and oxygen atoms in total. The number of methoxy groups -OCH3 is 1. The largest absolute Gasteiger partial charge is 0.383 e. The molecule has 0 unspecified atom stereocenters. The molecule has 0 aliphatic heterocycles. The lowest BCUT2D eigenvalue weighted by atomic mass is 10.1. The standard InChI is InChI=1S/C11H16N2O2.C2H6/c1-8-3-4-9(11(12)14)10(7-8)13-5-6-15-2;1-2/h3-4,7,13H,5-6H2,1-2H3,(H2,12,14);1-2H3. The molecule has 3 N–H and O–H groups in total. The van der Waals surface area contributed by atoms with E-state index in [-0.39, 0.29) is 0 Å². The lowest BCUT2D eigenvalue weighted by Gasteiger charge is -2.10. The highest BCUT2D eigenvalue weighted by molar-refractivity contribution is 5.98. The van der Waals surface area contributed by atoms with E-state index in [2.05, 4.69) is 5.32 Å². The number of carbonyl (C=O) groups excluding carboxylic acids is 1. The molecule has 1 aromatic rings. The topological polar surface area (TPSA) is 64.3 Å². The lowest BCUT2D eigenvalue weighted by Crippen LogP contribution is -2.16. The Labute approximate surface area is 103 Å². The normalized spacial score (nSPS) is 9.18. The molecule has 4 heteroatoms. The van der Waals surface area contributed by atoms with Gasteiger partial charge in [0.05, 0.1) is 12.2 Å². The molecule has 0 fully saturated rings. The minimum absolute atomic E-state index is 0.421. The molecule has 0 saturated carbocycles. The molecule has 0 atom stereocenters. The van der Waals surface area contributed by atoms with Crippen LogP contribution >= 0.6 is 0 Å². The molecule has 0 saturated heterocycles. The van der Waals surface area contributed by atoms with Gasteiger partial charge in [0.25, 0.3) is 5.91 Å². The Bertz CT molecular complexity index is 351. The highest BCUT2D eigenvalue weighted by Gasteiger charge is 2.07. The zero-order chi connectivity index (χ0) is 13.3. The molecule has 0 radical (unpaired) electrons. The molecule has 0 aliphatic carbocycles. The number of aryl methyl sites for hydroxylation is 1. The Hall–Kier alpha value is -1.55. The Morgan fingerprint density at radius 1 is 1.41 bits per heavy atom. The predicted molar refractivity (Wildman–Crippen MR) is 71.4 cm³/mol. The van der Waals surface area contributed by atoms with Crippen LogP contribution in [0, 0.1) is 6.92 Å². The van der Waals surface area contributed by atoms with Crippen molar-refractivity contribution in [2.45, 2.75) is 20.8 Å². The molecular formula is C13H22N2O2. The second-order valence-corrected chi connectivity index (χ2v) is 3.33. The molecule has 1 aromatic carbocycles.